The first-order valence-electron chi connectivity index (χ1n) is 6.52. The van der Waals surface area contributed by atoms with Crippen molar-refractivity contribution in [2.45, 2.75) is 33.1 Å². The van der Waals surface area contributed by atoms with E-state index in [-0.39, 0.29) is 0 Å². The summed E-state index contributed by atoms with van der Waals surface area (Å²) in [6, 6.07) is 4.50. The summed E-state index contributed by atoms with van der Waals surface area (Å²) in [5.41, 5.74) is 5.92. The second-order valence-corrected chi connectivity index (χ2v) is 5.38. The van der Waals surface area contributed by atoms with Crippen molar-refractivity contribution < 1.29 is 0 Å². The van der Waals surface area contributed by atoms with E-state index in [1.54, 1.807) is 5.56 Å². The van der Waals surface area contributed by atoms with Gasteiger partial charge in [-0.25, -0.2) is 0 Å². The van der Waals surface area contributed by atoms with Gasteiger partial charge in [-0.05, 0) is 43.0 Å². The lowest BCUT2D eigenvalue weighted by atomic mass is 9.88. The van der Waals surface area contributed by atoms with Crippen LogP contribution in [0, 0.1) is 20.8 Å². The Morgan fingerprint density at radius 3 is 2.71 bits per heavy atom. The summed E-state index contributed by atoms with van der Waals surface area (Å²) in [4.78, 5) is 7.06. The summed E-state index contributed by atoms with van der Waals surface area (Å²) >= 11 is 0. The van der Waals surface area contributed by atoms with Crippen LogP contribution in [0.25, 0.3) is 0 Å². The number of benzene rings is 1. The van der Waals surface area contributed by atoms with E-state index in [4.69, 9.17) is 0 Å². The Bertz CT molecular complexity index is 488. The predicted octanol–water partition coefficient (Wildman–Crippen LogP) is 2.81. The molecule has 0 aliphatic carbocycles. The minimum atomic E-state index is 0.661. The van der Waals surface area contributed by atoms with E-state index in [9.17, 15) is 0 Å². The van der Waals surface area contributed by atoms with Crippen LogP contribution in [0.15, 0.2) is 17.1 Å². The number of amidine groups is 1. The normalized spacial score (nSPS) is 22.9. The molecule has 17 heavy (non-hydrogen) atoms. The van der Waals surface area contributed by atoms with Crippen molar-refractivity contribution in [3.8, 4) is 0 Å². The first-order valence-corrected chi connectivity index (χ1v) is 6.52. The van der Waals surface area contributed by atoms with Crippen LogP contribution in [0.2, 0.25) is 0 Å². The third kappa shape index (κ3) is 1.67. The van der Waals surface area contributed by atoms with Crippen molar-refractivity contribution in [3.05, 3.63) is 34.4 Å². The average molecular weight is 228 g/mol. The topological polar surface area (TPSA) is 15.6 Å². The van der Waals surface area contributed by atoms with E-state index >= 15 is 0 Å². The molecule has 1 fully saturated rings. The third-order valence-corrected chi connectivity index (χ3v) is 4.31. The lowest BCUT2D eigenvalue weighted by Gasteiger charge is -2.19. The van der Waals surface area contributed by atoms with Crippen LogP contribution in [0.1, 0.15) is 34.6 Å². The molecular weight excluding hydrogens is 208 g/mol. The maximum absolute atomic E-state index is 4.60. The number of aryl methyl sites for hydroxylation is 2. The van der Waals surface area contributed by atoms with Crippen LogP contribution < -0.4 is 0 Å². The second kappa shape index (κ2) is 3.86. The van der Waals surface area contributed by atoms with Crippen LogP contribution in [-0.2, 0) is 0 Å². The fourth-order valence-corrected chi connectivity index (χ4v) is 3.26. The van der Waals surface area contributed by atoms with E-state index in [2.05, 4.69) is 42.8 Å². The highest BCUT2D eigenvalue weighted by Crippen LogP contribution is 2.35. The monoisotopic (exact) mass is 228 g/mol. The lowest BCUT2D eigenvalue weighted by molar-refractivity contribution is 0.468. The summed E-state index contributed by atoms with van der Waals surface area (Å²) < 4.78 is 0. The van der Waals surface area contributed by atoms with Gasteiger partial charge in [0.1, 0.15) is 0 Å². The molecule has 1 aromatic rings. The fraction of sp³-hybridized carbons (Fsp3) is 0.533. The highest BCUT2D eigenvalue weighted by Gasteiger charge is 2.32. The van der Waals surface area contributed by atoms with E-state index in [0.717, 1.165) is 19.5 Å². The molecule has 3 rings (SSSR count). The third-order valence-electron chi connectivity index (χ3n) is 4.31. The van der Waals surface area contributed by atoms with Gasteiger partial charge in [-0.2, -0.15) is 0 Å². The summed E-state index contributed by atoms with van der Waals surface area (Å²) in [5, 5.41) is 0. The average Bonchev–Trinajstić information content (AvgIpc) is 2.84. The summed E-state index contributed by atoms with van der Waals surface area (Å²) in [6.07, 6.45) is 1.14. The van der Waals surface area contributed by atoms with Crippen LogP contribution in [-0.4, -0.2) is 30.4 Å². The molecule has 0 N–H and O–H groups in total. The molecule has 0 bridgehead atoms. The number of hydrogen-bond donors (Lipinski definition) is 0. The van der Waals surface area contributed by atoms with Gasteiger partial charge in [0.05, 0.1) is 12.4 Å². The largest absolute Gasteiger partial charge is 0.358 e. The van der Waals surface area contributed by atoms with Crippen LogP contribution in [0.4, 0.5) is 0 Å². The first-order chi connectivity index (χ1) is 8.16. The molecule has 1 atom stereocenters. The zero-order chi connectivity index (χ0) is 12.0. The number of aliphatic imine (C=N–C) groups is 1. The van der Waals surface area contributed by atoms with E-state index < -0.39 is 0 Å². The maximum atomic E-state index is 4.60. The fourth-order valence-electron chi connectivity index (χ4n) is 3.26. The molecule has 0 radical (unpaired) electrons. The highest BCUT2D eigenvalue weighted by atomic mass is 15.3. The van der Waals surface area contributed by atoms with E-state index in [1.807, 2.05) is 0 Å². The predicted molar refractivity (Wildman–Crippen MR) is 71.9 cm³/mol. The summed E-state index contributed by atoms with van der Waals surface area (Å²) in [6.45, 7) is 10.0. The second-order valence-electron chi connectivity index (χ2n) is 5.38. The zero-order valence-corrected chi connectivity index (χ0v) is 11.0. The lowest BCUT2D eigenvalue weighted by Crippen LogP contribution is -2.22. The van der Waals surface area contributed by atoms with Crippen LogP contribution >= 0.6 is 0 Å². The molecule has 0 spiro atoms. The molecule has 90 valence electrons. The molecule has 2 heteroatoms. The summed E-state index contributed by atoms with van der Waals surface area (Å²) in [7, 11) is 0. The number of rotatable bonds is 1. The van der Waals surface area contributed by atoms with Crippen molar-refractivity contribution in [1.82, 2.24) is 4.90 Å². The Morgan fingerprint density at radius 2 is 1.94 bits per heavy atom. The van der Waals surface area contributed by atoms with Crippen molar-refractivity contribution in [3.63, 3.8) is 0 Å². The van der Waals surface area contributed by atoms with Crippen molar-refractivity contribution in [2.24, 2.45) is 4.99 Å². The van der Waals surface area contributed by atoms with Crippen LogP contribution in [0.5, 0.6) is 0 Å². The van der Waals surface area contributed by atoms with Gasteiger partial charge in [-0.1, -0.05) is 12.1 Å². The number of fused-ring (bicyclic) bond motifs is 1. The molecule has 1 saturated heterocycles. The SMILES string of the molecule is Cc1ccc(C)c(C2CC3=NCCN3C2)c1C. The molecule has 0 aromatic heterocycles. The van der Waals surface area contributed by atoms with Gasteiger partial charge in [0.25, 0.3) is 0 Å². The molecule has 2 nitrogen and oxygen atoms in total. The van der Waals surface area contributed by atoms with Crippen molar-refractivity contribution in [2.75, 3.05) is 19.6 Å². The van der Waals surface area contributed by atoms with Gasteiger partial charge in [0, 0.05) is 25.4 Å². The van der Waals surface area contributed by atoms with Gasteiger partial charge >= 0.3 is 0 Å². The molecular formula is C15H20N2. The van der Waals surface area contributed by atoms with Crippen molar-refractivity contribution in [1.29, 1.82) is 0 Å². The Balaban J connectivity index is 1.98. The first kappa shape index (κ1) is 10.8. The standard InChI is InChI=1S/C15H20N2/c1-10-4-5-11(2)15(12(10)3)13-8-14-16-6-7-17(14)9-13/h4-5,13H,6-9H2,1-3H3. The molecule has 1 aromatic carbocycles. The molecule has 0 saturated carbocycles. The molecule has 2 aliphatic rings. The van der Waals surface area contributed by atoms with Gasteiger partial charge < -0.3 is 4.90 Å². The van der Waals surface area contributed by atoms with Gasteiger partial charge in [0.2, 0.25) is 0 Å². The minimum absolute atomic E-state index is 0.661. The Hall–Kier alpha value is -1.31. The number of nitrogens with zero attached hydrogens (tertiary/aromatic N) is 2. The van der Waals surface area contributed by atoms with Crippen LogP contribution in [0.3, 0.4) is 0 Å². The van der Waals surface area contributed by atoms with Gasteiger partial charge in [-0.3, -0.25) is 4.99 Å². The quantitative estimate of drug-likeness (QED) is 0.721. The van der Waals surface area contributed by atoms with E-state index in [1.165, 1.54) is 29.1 Å². The molecule has 0 amide bonds. The van der Waals surface area contributed by atoms with Gasteiger partial charge in [-0.15, -0.1) is 0 Å². The Labute approximate surface area is 103 Å². The van der Waals surface area contributed by atoms with E-state index in [0.29, 0.717) is 5.92 Å². The molecule has 1 unspecified atom stereocenters. The minimum Gasteiger partial charge on any atom is -0.358 e. The summed E-state index contributed by atoms with van der Waals surface area (Å²) in [5.74, 6) is 2.00. The molecule has 2 heterocycles. The van der Waals surface area contributed by atoms with Crippen molar-refractivity contribution >= 4 is 5.84 Å². The Kier molecular flexibility index (Phi) is 2.46. The number of hydrogen-bond acceptors (Lipinski definition) is 2. The molecule has 2 aliphatic heterocycles. The highest BCUT2D eigenvalue weighted by molar-refractivity contribution is 5.87. The van der Waals surface area contributed by atoms with Gasteiger partial charge in [0.15, 0.2) is 0 Å². The zero-order valence-electron chi connectivity index (χ0n) is 11.0. The Morgan fingerprint density at radius 1 is 1.18 bits per heavy atom. The maximum Gasteiger partial charge on any atom is 0.0997 e. The smallest absolute Gasteiger partial charge is 0.0997 e.